The van der Waals surface area contributed by atoms with Gasteiger partial charge in [-0.25, -0.2) is 0 Å². The van der Waals surface area contributed by atoms with E-state index in [1.807, 2.05) is 38.1 Å². The Hall–Kier alpha value is -2.24. The highest BCUT2D eigenvalue weighted by Gasteiger charge is 2.17. The van der Waals surface area contributed by atoms with Crippen molar-refractivity contribution in [1.82, 2.24) is 5.32 Å². The van der Waals surface area contributed by atoms with E-state index in [1.165, 1.54) is 0 Å². The second-order valence-corrected chi connectivity index (χ2v) is 6.16. The number of rotatable bonds is 7. The predicted molar refractivity (Wildman–Crippen MR) is 101 cm³/mol. The molecule has 2 N–H and O–H groups in total. The van der Waals surface area contributed by atoms with Crippen LogP contribution in [0.5, 0.6) is 11.5 Å². The van der Waals surface area contributed by atoms with Crippen molar-refractivity contribution in [2.24, 2.45) is 0 Å². The van der Waals surface area contributed by atoms with Crippen molar-refractivity contribution < 1.29 is 14.3 Å². The van der Waals surface area contributed by atoms with E-state index in [2.05, 4.69) is 10.6 Å². The average molecular weight is 363 g/mol. The Labute approximate surface area is 153 Å². The Morgan fingerprint density at radius 2 is 1.76 bits per heavy atom. The number of amides is 1. The maximum Gasteiger partial charge on any atom is 0.241 e. The highest BCUT2D eigenvalue weighted by Crippen LogP contribution is 2.29. The van der Waals surface area contributed by atoms with Crippen LogP contribution in [0.3, 0.4) is 0 Å². The Balaban J connectivity index is 2.00. The molecule has 134 valence electrons. The van der Waals surface area contributed by atoms with Gasteiger partial charge in [0.1, 0.15) is 0 Å². The topological polar surface area (TPSA) is 59.6 Å². The van der Waals surface area contributed by atoms with Gasteiger partial charge in [0, 0.05) is 22.8 Å². The first-order valence-electron chi connectivity index (χ1n) is 7.99. The number of halogens is 1. The fourth-order valence-corrected chi connectivity index (χ4v) is 2.69. The number of carbonyl (C=O) groups is 1. The summed E-state index contributed by atoms with van der Waals surface area (Å²) in [5, 5.41) is 6.82. The van der Waals surface area contributed by atoms with Crippen LogP contribution in [0.4, 0.5) is 5.69 Å². The fourth-order valence-electron chi connectivity index (χ4n) is 2.49. The van der Waals surface area contributed by atoms with Gasteiger partial charge in [-0.2, -0.15) is 0 Å². The molecule has 0 aromatic heterocycles. The van der Waals surface area contributed by atoms with Crippen LogP contribution in [0.15, 0.2) is 42.5 Å². The Morgan fingerprint density at radius 3 is 2.40 bits per heavy atom. The Bertz CT molecular complexity index is 736. The smallest absolute Gasteiger partial charge is 0.241 e. The summed E-state index contributed by atoms with van der Waals surface area (Å²) in [6, 6.07) is 12.4. The Morgan fingerprint density at radius 1 is 1.04 bits per heavy atom. The normalized spacial score (nSPS) is 13.0. The van der Waals surface area contributed by atoms with Crippen LogP contribution in [0.2, 0.25) is 5.02 Å². The molecule has 0 saturated carbocycles. The predicted octanol–water partition coefficient (Wildman–Crippen LogP) is 4.04. The molecule has 0 bridgehead atoms. The lowest BCUT2D eigenvalue weighted by Gasteiger charge is -2.20. The van der Waals surface area contributed by atoms with Gasteiger partial charge in [0.15, 0.2) is 11.5 Å². The summed E-state index contributed by atoms with van der Waals surface area (Å²) in [6.45, 7) is 3.81. The molecule has 0 spiro atoms. The lowest BCUT2D eigenvalue weighted by molar-refractivity contribution is -0.117. The number of benzene rings is 2. The van der Waals surface area contributed by atoms with Crippen LogP contribution >= 0.6 is 11.6 Å². The summed E-state index contributed by atoms with van der Waals surface area (Å²) < 4.78 is 10.4. The average Bonchev–Trinajstić information content (AvgIpc) is 2.61. The van der Waals surface area contributed by atoms with E-state index in [-0.39, 0.29) is 18.0 Å². The van der Waals surface area contributed by atoms with Crippen molar-refractivity contribution in [3.8, 4) is 11.5 Å². The molecule has 2 atom stereocenters. The minimum atomic E-state index is -0.387. The monoisotopic (exact) mass is 362 g/mol. The molecule has 5 nitrogen and oxygen atoms in total. The van der Waals surface area contributed by atoms with E-state index in [0.29, 0.717) is 22.2 Å². The first kappa shape index (κ1) is 19.1. The molecule has 2 aromatic carbocycles. The van der Waals surface area contributed by atoms with E-state index in [0.717, 1.165) is 5.56 Å². The molecular formula is C19H23ClN2O3. The first-order valence-corrected chi connectivity index (χ1v) is 8.36. The van der Waals surface area contributed by atoms with Gasteiger partial charge in [-0.1, -0.05) is 23.7 Å². The molecule has 0 fully saturated rings. The van der Waals surface area contributed by atoms with Crippen molar-refractivity contribution >= 4 is 23.2 Å². The quantitative estimate of drug-likeness (QED) is 0.780. The number of hydrogen-bond acceptors (Lipinski definition) is 4. The lowest BCUT2D eigenvalue weighted by atomic mass is 10.1. The second kappa shape index (κ2) is 8.74. The van der Waals surface area contributed by atoms with Gasteiger partial charge in [0.25, 0.3) is 0 Å². The van der Waals surface area contributed by atoms with Gasteiger partial charge in [0.2, 0.25) is 5.91 Å². The number of hydrogen-bond donors (Lipinski definition) is 2. The number of methoxy groups -OCH3 is 2. The molecule has 6 heteroatoms. The highest BCUT2D eigenvalue weighted by molar-refractivity contribution is 6.30. The van der Waals surface area contributed by atoms with Gasteiger partial charge in [-0.15, -0.1) is 0 Å². The van der Waals surface area contributed by atoms with Crippen LogP contribution in [-0.2, 0) is 4.79 Å². The zero-order valence-electron chi connectivity index (χ0n) is 14.8. The summed E-state index contributed by atoms with van der Waals surface area (Å²) in [7, 11) is 3.12. The van der Waals surface area contributed by atoms with Crippen molar-refractivity contribution in [2.75, 3.05) is 19.5 Å². The maximum absolute atomic E-state index is 12.4. The van der Waals surface area contributed by atoms with Gasteiger partial charge < -0.3 is 14.8 Å². The van der Waals surface area contributed by atoms with Crippen molar-refractivity contribution in [1.29, 1.82) is 0 Å². The molecule has 25 heavy (non-hydrogen) atoms. The summed E-state index contributed by atoms with van der Waals surface area (Å²) in [5.74, 6) is 1.04. The lowest BCUT2D eigenvalue weighted by Crippen LogP contribution is -2.39. The van der Waals surface area contributed by atoms with E-state index in [1.54, 1.807) is 32.4 Å². The van der Waals surface area contributed by atoms with Crippen LogP contribution in [0, 0.1) is 0 Å². The van der Waals surface area contributed by atoms with E-state index in [9.17, 15) is 4.79 Å². The molecule has 2 unspecified atom stereocenters. The van der Waals surface area contributed by atoms with Crippen molar-refractivity contribution in [2.45, 2.75) is 25.9 Å². The Kier molecular flexibility index (Phi) is 6.67. The molecule has 2 rings (SSSR count). The number of nitrogens with one attached hydrogen (secondary N) is 2. The first-order chi connectivity index (χ1) is 11.9. The highest BCUT2D eigenvalue weighted by atomic mass is 35.5. The molecule has 0 heterocycles. The minimum Gasteiger partial charge on any atom is -0.493 e. The van der Waals surface area contributed by atoms with Crippen molar-refractivity contribution in [3.63, 3.8) is 0 Å². The summed E-state index contributed by atoms with van der Waals surface area (Å²) in [5.41, 5.74) is 1.67. The third-order valence-electron chi connectivity index (χ3n) is 3.89. The summed E-state index contributed by atoms with van der Waals surface area (Å²) in [4.78, 5) is 12.4. The van der Waals surface area contributed by atoms with Gasteiger partial charge >= 0.3 is 0 Å². The summed E-state index contributed by atoms with van der Waals surface area (Å²) >= 11 is 6.02. The van der Waals surface area contributed by atoms with Crippen LogP contribution in [-0.4, -0.2) is 26.2 Å². The van der Waals surface area contributed by atoms with Crippen molar-refractivity contribution in [3.05, 3.63) is 53.1 Å². The molecule has 0 aliphatic rings. The number of carbonyl (C=O) groups excluding carboxylic acids is 1. The largest absolute Gasteiger partial charge is 0.493 e. The molecular weight excluding hydrogens is 340 g/mol. The fraction of sp³-hybridized carbons (Fsp3) is 0.316. The SMILES string of the molecule is COc1ccc(NC(=O)C(C)NC(C)c2cccc(Cl)c2)cc1OC. The molecule has 0 aliphatic carbocycles. The standard InChI is InChI=1S/C19H23ClN2O3/c1-12(14-6-5-7-15(20)10-14)21-13(2)19(23)22-16-8-9-17(24-3)18(11-16)25-4/h5-13,21H,1-4H3,(H,22,23). The van der Waals surface area contributed by atoms with Gasteiger partial charge in [0.05, 0.1) is 20.3 Å². The third-order valence-corrected chi connectivity index (χ3v) is 4.13. The zero-order chi connectivity index (χ0) is 18.4. The molecule has 1 amide bonds. The number of anilines is 1. The molecule has 0 saturated heterocycles. The van der Waals surface area contributed by atoms with Crippen LogP contribution < -0.4 is 20.1 Å². The van der Waals surface area contributed by atoms with Crippen LogP contribution in [0.1, 0.15) is 25.5 Å². The number of ether oxygens (including phenoxy) is 2. The molecule has 0 aliphatic heterocycles. The summed E-state index contributed by atoms with van der Waals surface area (Å²) in [6.07, 6.45) is 0. The molecule has 0 radical (unpaired) electrons. The van der Waals surface area contributed by atoms with Gasteiger partial charge in [-0.3, -0.25) is 10.1 Å². The third kappa shape index (κ3) is 5.11. The van der Waals surface area contributed by atoms with E-state index in [4.69, 9.17) is 21.1 Å². The van der Waals surface area contributed by atoms with Gasteiger partial charge in [-0.05, 0) is 43.7 Å². The second-order valence-electron chi connectivity index (χ2n) is 5.72. The molecule has 2 aromatic rings. The van der Waals surface area contributed by atoms with Crippen LogP contribution in [0.25, 0.3) is 0 Å². The zero-order valence-corrected chi connectivity index (χ0v) is 15.6. The minimum absolute atomic E-state index is 0.00939. The van der Waals surface area contributed by atoms with E-state index >= 15 is 0 Å². The van der Waals surface area contributed by atoms with E-state index < -0.39 is 0 Å². The maximum atomic E-state index is 12.4.